The summed E-state index contributed by atoms with van der Waals surface area (Å²) in [5.41, 5.74) is 5.07. The van der Waals surface area contributed by atoms with E-state index in [2.05, 4.69) is 36.9 Å². The Balaban J connectivity index is 2.14. The van der Waals surface area contributed by atoms with Crippen molar-refractivity contribution in [3.8, 4) is 0 Å². The SMILES string of the molecule is Cc1cc(C)cc(N(C)Cc2ccc(C(=O)O)cc2)c1. The van der Waals surface area contributed by atoms with Crippen molar-refractivity contribution in [3.05, 3.63) is 64.7 Å². The maximum Gasteiger partial charge on any atom is 0.335 e. The highest BCUT2D eigenvalue weighted by atomic mass is 16.4. The van der Waals surface area contributed by atoms with Gasteiger partial charge in [0.1, 0.15) is 0 Å². The minimum absolute atomic E-state index is 0.322. The van der Waals surface area contributed by atoms with Gasteiger partial charge in [-0.2, -0.15) is 0 Å². The van der Waals surface area contributed by atoms with Crippen LogP contribution in [0.3, 0.4) is 0 Å². The quantitative estimate of drug-likeness (QED) is 0.921. The second-order valence-corrected chi connectivity index (χ2v) is 5.20. The fourth-order valence-corrected chi connectivity index (χ4v) is 2.29. The van der Waals surface area contributed by atoms with E-state index in [9.17, 15) is 4.79 Å². The molecule has 0 saturated heterocycles. The highest BCUT2D eigenvalue weighted by Crippen LogP contribution is 2.19. The van der Waals surface area contributed by atoms with Gasteiger partial charge in [-0.25, -0.2) is 4.79 Å². The van der Waals surface area contributed by atoms with Crippen LogP contribution in [0.5, 0.6) is 0 Å². The zero-order chi connectivity index (χ0) is 14.7. The number of hydrogen-bond donors (Lipinski definition) is 1. The summed E-state index contributed by atoms with van der Waals surface area (Å²) < 4.78 is 0. The number of aryl methyl sites for hydroxylation is 2. The van der Waals surface area contributed by atoms with Crippen molar-refractivity contribution in [1.29, 1.82) is 0 Å². The number of carbonyl (C=O) groups is 1. The fourth-order valence-electron chi connectivity index (χ4n) is 2.29. The molecule has 0 amide bonds. The first-order valence-corrected chi connectivity index (χ1v) is 6.57. The van der Waals surface area contributed by atoms with Crippen molar-refractivity contribution in [3.63, 3.8) is 0 Å². The molecule has 2 aromatic carbocycles. The van der Waals surface area contributed by atoms with Gasteiger partial charge in [0.2, 0.25) is 0 Å². The van der Waals surface area contributed by atoms with Crippen molar-refractivity contribution in [2.75, 3.05) is 11.9 Å². The first-order chi connectivity index (χ1) is 9.45. The van der Waals surface area contributed by atoms with Crippen molar-refractivity contribution in [1.82, 2.24) is 0 Å². The molecule has 0 saturated carbocycles. The van der Waals surface area contributed by atoms with Gasteiger partial charge < -0.3 is 10.0 Å². The second-order valence-electron chi connectivity index (χ2n) is 5.20. The minimum atomic E-state index is -0.890. The van der Waals surface area contributed by atoms with Gasteiger partial charge >= 0.3 is 5.97 Å². The Hall–Kier alpha value is -2.29. The van der Waals surface area contributed by atoms with E-state index in [1.54, 1.807) is 12.1 Å². The van der Waals surface area contributed by atoms with E-state index in [-0.39, 0.29) is 0 Å². The second kappa shape index (κ2) is 5.78. The number of rotatable bonds is 4. The fraction of sp³-hybridized carbons (Fsp3) is 0.235. The third-order valence-electron chi connectivity index (χ3n) is 3.27. The lowest BCUT2D eigenvalue weighted by Crippen LogP contribution is -2.16. The normalized spacial score (nSPS) is 10.3. The highest BCUT2D eigenvalue weighted by Gasteiger charge is 2.05. The lowest BCUT2D eigenvalue weighted by atomic mass is 10.1. The van der Waals surface area contributed by atoms with Crippen LogP contribution in [0.25, 0.3) is 0 Å². The van der Waals surface area contributed by atoms with Gasteiger partial charge in [0.05, 0.1) is 5.56 Å². The van der Waals surface area contributed by atoms with Gasteiger partial charge in [-0.15, -0.1) is 0 Å². The third-order valence-corrected chi connectivity index (χ3v) is 3.27. The molecule has 0 spiro atoms. The Kier molecular flexibility index (Phi) is 4.08. The molecule has 3 heteroatoms. The molecule has 0 radical (unpaired) electrons. The van der Waals surface area contributed by atoms with Gasteiger partial charge in [0, 0.05) is 19.3 Å². The number of aromatic carboxylic acids is 1. The first-order valence-electron chi connectivity index (χ1n) is 6.57. The number of carboxylic acid groups (broad SMARTS) is 1. The standard InChI is InChI=1S/C17H19NO2/c1-12-8-13(2)10-16(9-12)18(3)11-14-4-6-15(7-5-14)17(19)20/h4-10H,11H2,1-3H3,(H,19,20). The summed E-state index contributed by atoms with van der Waals surface area (Å²) in [4.78, 5) is 13.0. The van der Waals surface area contributed by atoms with Crippen LogP contribution in [0.1, 0.15) is 27.0 Å². The lowest BCUT2D eigenvalue weighted by Gasteiger charge is -2.20. The third kappa shape index (κ3) is 3.38. The van der Waals surface area contributed by atoms with Gasteiger partial charge in [-0.05, 0) is 54.8 Å². The maximum absolute atomic E-state index is 10.8. The van der Waals surface area contributed by atoms with E-state index >= 15 is 0 Å². The van der Waals surface area contributed by atoms with Crippen LogP contribution in [0, 0.1) is 13.8 Å². The van der Waals surface area contributed by atoms with Crippen molar-refractivity contribution >= 4 is 11.7 Å². The van der Waals surface area contributed by atoms with Crippen LogP contribution < -0.4 is 4.90 Å². The molecule has 2 aromatic rings. The largest absolute Gasteiger partial charge is 0.478 e. The average molecular weight is 269 g/mol. The van der Waals surface area contributed by atoms with E-state index in [1.807, 2.05) is 19.2 Å². The number of carboxylic acids is 1. The summed E-state index contributed by atoms with van der Waals surface area (Å²) in [5, 5.41) is 8.89. The Bertz CT molecular complexity index is 597. The van der Waals surface area contributed by atoms with E-state index in [1.165, 1.54) is 16.8 Å². The molecular weight excluding hydrogens is 250 g/mol. The van der Waals surface area contributed by atoms with Crippen LogP contribution >= 0.6 is 0 Å². The molecule has 0 atom stereocenters. The van der Waals surface area contributed by atoms with E-state index in [0.717, 1.165) is 12.1 Å². The summed E-state index contributed by atoms with van der Waals surface area (Å²) >= 11 is 0. The Morgan fingerprint density at radius 1 is 1.05 bits per heavy atom. The van der Waals surface area contributed by atoms with Gasteiger partial charge in [-0.1, -0.05) is 18.2 Å². The number of anilines is 1. The zero-order valence-electron chi connectivity index (χ0n) is 12.1. The molecule has 0 unspecified atom stereocenters. The molecule has 0 aliphatic carbocycles. The molecule has 104 valence electrons. The molecule has 0 aromatic heterocycles. The average Bonchev–Trinajstić information content (AvgIpc) is 2.38. The summed E-state index contributed by atoms with van der Waals surface area (Å²) in [7, 11) is 2.04. The zero-order valence-corrected chi connectivity index (χ0v) is 12.1. The summed E-state index contributed by atoms with van der Waals surface area (Å²) in [6.07, 6.45) is 0. The van der Waals surface area contributed by atoms with Crippen molar-refractivity contribution in [2.45, 2.75) is 20.4 Å². The molecule has 2 rings (SSSR count). The summed E-state index contributed by atoms with van der Waals surface area (Å²) in [5.74, 6) is -0.890. The summed E-state index contributed by atoms with van der Waals surface area (Å²) in [6.45, 7) is 4.93. The Labute approximate surface area is 119 Å². The van der Waals surface area contributed by atoms with Crippen LogP contribution in [0.15, 0.2) is 42.5 Å². The number of hydrogen-bond acceptors (Lipinski definition) is 2. The maximum atomic E-state index is 10.8. The van der Waals surface area contributed by atoms with E-state index < -0.39 is 5.97 Å². The monoisotopic (exact) mass is 269 g/mol. The Morgan fingerprint density at radius 2 is 1.60 bits per heavy atom. The van der Waals surface area contributed by atoms with E-state index in [4.69, 9.17) is 5.11 Å². The van der Waals surface area contributed by atoms with Crippen LogP contribution in [0.2, 0.25) is 0 Å². The topological polar surface area (TPSA) is 40.5 Å². The molecule has 0 bridgehead atoms. The minimum Gasteiger partial charge on any atom is -0.478 e. The molecule has 3 nitrogen and oxygen atoms in total. The van der Waals surface area contributed by atoms with Gasteiger partial charge in [0.25, 0.3) is 0 Å². The van der Waals surface area contributed by atoms with Crippen LogP contribution in [-0.2, 0) is 6.54 Å². The van der Waals surface area contributed by atoms with Crippen molar-refractivity contribution in [2.24, 2.45) is 0 Å². The first kappa shape index (κ1) is 14.1. The molecule has 20 heavy (non-hydrogen) atoms. The predicted molar refractivity (Wildman–Crippen MR) is 81.4 cm³/mol. The molecule has 1 N–H and O–H groups in total. The van der Waals surface area contributed by atoms with E-state index in [0.29, 0.717) is 5.56 Å². The molecular formula is C17H19NO2. The van der Waals surface area contributed by atoms with Crippen LogP contribution in [0.4, 0.5) is 5.69 Å². The molecule has 0 aliphatic heterocycles. The molecule has 0 fully saturated rings. The predicted octanol–water partition coefficient (Wildman–Crippen LogP) is 3.64. The molecule has 0 aliphatic rings. The van der Waals surface area contributed by atoms with Gasteiger partial charge in [0.15, 0.2) is 0 Å². The smallest absolute Gasteiger partial charge is 0.335 e. The lowest BCUT2D eigenvalue weighted by molar-refractivity contribution is 0.0697. The summed E-state index contributed by atoms with van der Waals surface area (Å²) in [6, 6.07) is 13.5. The van der Waals surface area contributed by atoms with Crippen molar-refractivity contribution < 1.29 is 9.90 Å². The molecule has 0 heterocycles. The number of nitrogens with zero attached hydrogens (tertiary/aromatic N) is 1. The van der Waals surface area contributed by atoms with Crippen LogP contribution in [-0.4, -0.2) is 18.1 Å². The number of benzene rings is 2. The Morgan fingerprint density at radius 3 is 2.10 bits per heavy atom. The van der Waals surface area contributed by atoms with Gasteiger partial charge in [-0.3, -0.25) is 0 Å². The highest BCUT2D eigenvalue weighted by molar-refractivity contribution is 5.87.